The minimum atomic E-state index is -5.03. The number of carbonyl (C=O) groups excluding carboxylic acids is 2. The van der Waals surface area contributed by atoms with Crippen molar-refractivity contribution in [1.29, 1.82) is 0 Å². The molecule has 4 fully saturated rings. The second-order valence-electron chi connectivity index (χ2n) is 13.7. The third-order valence-electron chi connectivity index (χ3n) is 10.6. The fourth-order valence-electron chi connectivity index (χ4n) is 7.92. The van der Waals surface area contributed by atoms with Gasteiger partial charge in [-0.25, -0.2) is 0 Å². The van der Waals surface area contributed by atoms with Crippen molar-refractivity contribution in [3.05, 3.63) is 70.8 Å². The lowest BCUT2D eigenvalue weighted by Gasteiger charge is -2.47. The van der Waals surface area contributed by atoms with Crippen LogP contribution in [0.15, 0.2) is 48.5 Å². The van der Waals surface area contributed by atoms with E-state index in [0.29, 0.717) is 44.0 Å². The van der Waals surface area contributed by atoms with Crippen molar-refractivity contribution in [2.45, 2.75) is 69.0 Å². The van der Waals surface area contributed by atoms with Crippen molar-refractivity contribution in [1.82, 2.24) is 24.5 Å². The Morgan fingerprint density at radius 1 is 0.708 bits per heavy atom. The fraction of sp³-hybridized carbons (Fsp3) is 0.600. The van der Waals surface area contributed by atoms with E-state index in [1.54, 1.807) is 0 Å². The largest absolute Gasteiger partial charge is 0.416 e. The van der Waals surface area contributed by atoms with Gasteiger partial charge in [0.25, 0.3) is 5.91 Å². The summed E-state index contributed by atoms with van der Waals surface area (Å²) >= 11 is 0. The van der Waals surface area contributed by atoms with Crippen LogP contribution in [-0.2, 0) is 23.6 Å². The molecular weight excluding hydrogens is 636 g/mol. The van der Waals surface area contributed by atoms with Gasteiger partial charge in [-0.05, 0) is 75.4 Å². The Bertz CT molecular complexity index is 1390. The molecule has 262 valence electrons. The summed E-state index contributed by atoms with van der Waals surface area (Å²) in [7, 11) is 0. The van der Waals surface area contributed by atoms with Gasteiger partial charge in [0.2, 0.25) is 5.91 Å². The highest BCUT2D eigenvalue weighted by molar-refractivity contribution is 5.95. The lowest BCUT2D eigenvalue weighted by molar-refractivity contribution is -0.143. The van der Waals surface area contributed by atoms with Gasteiger partial charge in [-0.15, -0.1) is 0 Å². The van der Waals surface area contributed by atoms with Crippen LogP contribution in [0, 0.1) is 0 Å². The first kappa shape index (κ1) is 34.7. The van der Waals surface area contributed by atoms with Crippen molar-refractivity contribution in [3.8, 4) is 0 Å². The maximum atomic E-state index is 13.7. The Hall–Kier alpha value is -3.16. The molecule has 0 saturated carbocycles. The summed E-state index contributed by atoms with van der Waals surface area (Å²) in [6, 6.07) is 10.6. The molecule has 3 atom stereocenters. The van der Waals surface area contributed by atoms with Crippen molar-refractivity contribution >= 4 is 11.8 Å². The molecule has 7 nitrogen and oxygen atoms in total. The minimum Gasteiger partial charge on any atom is -0.340 e. The third kappa shape index (κ3) is 8.16. The van der Waals surface area contributed by atoms with Gasteiger partial charge in [0.1, 0.15) is 0 Å². The monoisotopic (exact) mass is 679 g/mol. The normalized spacial score (nSPS) is 25.2. The van der Waals surface area contributed by atoms with Crippen LogP contribution in [0.25, 0.3) is 0 Å². The molecule has 0 aromatic heterocycles. The van der Waals surface area contributed by atoms with Gasteiger partial charge in [-0.1, -0.05) is 30.3 Å². The first-order valence-electron chi connectivity index (χ1n) is 17.0. The second-order valence-corrected chi connectivity index (χ2v) is 13.7. The Morgan fingerprint density at radius 3 is 1.90 bits per heavy atom. The summed E-state index contributed by atoms with van der Waals surface area (Å²) in [5.41, 5.74) is -2.65. The number of hydrogen-bond donors (Lipinski definition) is 0. The summed E-state index contributed by atoms with van der Waals surface area (Å²) in [6.07, 6.45) is -5.22. The van der Waals surface area contributed by atoms with Crippen LogP contribution in [0.4, 0.5) is 26.3 Å². The number of piperidine rings is 1. The number of piperazine rings is 1. The average molecular weight is 680 g/mol. The average Bonchev–Trinajstić information content (AvgIpc) is 3.77. The molecule has 48 heavy (non-hydrogen) atoms. The highest BCUT2D eigenvalue weighted by Gasteiger charge is 2.41. The van der Waals surface area contributed by atoms with Crippen LogP contribution >= 0.6 is 0 Å². The van der Waals surface area contributed by atoms with Gasteiger partial charge < -0.3 is 9.80 Å². The topological polar surface area (TPSA) is 50.3 Å². The Morgan fingerprint density at radius 2 is 1.29 bits per heavy atom. The summed E-state index contributed by atoms with van der Waals surface area (Å²) in [5.74, 6) is -0.607. The van der Waals surface area contributed by atoms with Gasteiger partial charge in [-0.2, -0.15) is 26.3 Å². The van der Waals surface area contributed by atoms with E-state index in [9.17, 15) is 35.9 Å². The summed E-state index contributed by atoms with van der Waals surface area (Å²) < 4.78 is 81.6. The molecule has 13 heteroatoms. The predicted octanol–water partition coefficient (Wildman–Crippen LogP) is 5.25. The van der Waals surface area contributed by atoms with E-state index in [2.05, 4.69) is 14.7 Å². The molecule has 4 heterocycles. The number of benzene rings is 2. The standard InChI is InChI=1S/C35H43F6N5O2/c36-34(37,38)27-19-26(20-28(21-27)35(39,40)41)33(48)46-13-9-29(22-31(46)18-25-6-2-1-3-7-25)43-14-16-44(17-15-43)30-8-12-45(23-30)32(47)24-42-10-4-5-11-42/h1-3,6-7,19-21,29-31H,4-5,8-18,22-24H2. The second kappa shape index (κ2) is 14.4. The molecule has 4 aliphatic rings. The van der Waals surface area contributed by atoms with Crippen molar-refractivity contribution in [2.75, 3.05) is 65.4 Å². The molecule has 0 N–H and O–H groups in total. The molecule has 4 aliphatic heterocycles. The van der Waals surface area contributed by atoms with E-state index in [1.165, 1.54) is 4.90 Å². The van der Waals surface area contributed by atoms with Crippen LogP contribution < -0.4 is 0 Å². The Labute approximate surface area is 277 Å². The molecule has 2 aromatic rings. The van der Waals surface area contributed by atoms with Gasteiger partial charge >= 0.3 is 12.4 Å². The molecule has 2 amide bonds. The molecule has 4 saturated heterocycles. The first-order valence-corrected chi connectivity index (χ1v) is 17.0. The SMILES string of the molecule is O=C(CN1CCCC1)N1CCC(N2CCN(C3CCN(C(=O)c4cc(C(F)(F)F)cc(C(F)(F)F)c4)C(Cc4ccccc4)C3)CC2)C1. The molecule has 2 aromatic carbocycles. The highest BCUT2D eigenvalue weighted by Crippen LogP contribution is 2.37. The third-order valence-corrected chi connectivity index (χ3v) is 10.6. The number of alkyl halides is 6. The number of nitrogens with zero attached hydrogens (tertiary/aromatic N) is 5. The van der Waals surface area contributed by atoms with Crippen LogP contribution in [0.1, 0.15) is 59.2 Å². The maximum absolute atomic E-state index is 13.7. The molecule has 6 rings (SSSR count). The number of amides is 2. The summed E-state index contributed by atoms with van der Waals surface area (Å²) in [4.78, 5) is 37.2. The van der Waals surface area contributed by atoms with Gasteiger partial charge in [0.15, 0.2) is 0 Å². The Kier molecular flexibility index (Phi) is 10.4. The van der Waals surface area contributed by atoms with E-state index in [1.807, 2.05) is 35.2 Å². The van der Waals surface area contributed by atoms with Crippen molar-refractivity contribution in [3.63, 3.8) is 0 Å². The summed E-state index contributed by atoms with van der Waals surface area (Å²) in [5, 5.41) is 0. The van der Waals surface area contributed by atoms with Gasteiger partial charge in [-0.3, -0.25) is 24.3 Å². The molecule has 0 bridgehead atoms. The maximum Gasteiger partial charge on any atom is 0.416 e. The number of halogens is 6. The van der Waals surface area contributed by atoms with Gasteiger partial charge in [0.05, 0.1) is 17.7 Å². The van der Waals surface area contributed by atoms with Gasteiger partial charge in [0, 0.05) is 69.5 Å². The lowest BCUT2D eigenvalue weighted by atomic mass is 9.90. The zero-order valence-corrected chi connectivity index (χ0v) is 27.0. The van der Waals surface area contributed by atoms with E-state index in [4.69, 9.17) is 0 Å². The zero-order valence-electron chi connectivity index (χ0n) is 27.0. The quantitative estimate of drug-likeness (QED) is 0.375. The lowest BCUT2D eigenvalue weighted by Crippen LogP contribution is -2.58. The van der Waals surface area contributed by atoms with E-state index >= 15 is 0 Å². The molecule has 0 aliphatic carbocycles. The first-order chi connectivity index (χ1) is 22.8. The van der Waals surface area contributed by atoms with E-state index in [-0.39, 0.29) is 24.6 Å². The highest BCUT2D eigenvalue weighted by atomic mass is 19.4. The predicted molar refractivity (Wildman–Crippen MR) is 168 cm³/mol. The molecular formula is C35H43F6N5O2. The molecule has 0 spiro atoms. The smallest absolute Gasteiger partial charge is 0.340 e. The van der Waals surface area contributed by atoms with Crippen LogP contribution in [0.5, 0.6) is 0 Å². The number of rotatable bonds is 7. The van der Waals surface area contributed by atoms with Crippen LogP contribution in [-0.4, -0.2) is 120 Å². The number of likely N-dealkylation sites (tertiary alicyclic amines) is 3. The van der Waals surface area contributed by atoms with Crippen molar-refractivity contribution < 1.29 is 35.9 Å². The summed E-state index contributed by atoms with van der Waals surface area (Å²) in [6.45, 7) is 7.59. The molecule has 3 unspecified atom stereocenters. The van der Waals surface area contributed by atoms with Crippen molar-refractivity contribution in [2.24, 2.45) is 0 Å². The zero-order chi connectivity index (χ0) is 34.1. The van der Waals surface area contributed by atoms with E-state index in [0.717, 1.165) is 77.2 Å². The number of hydrogen-bond acceptors (Lipinski definition) is 5. The fourth-order valence-corrected chi connectivity index (χ4v) is 7.92. The minimum absolute atomic E-state index is 0.0552. The number of carbonyl (C=O) groups is 2. The van der Waals surface area contributed by atoms with Crippen LogP contribution in [0.2, 0.25) is 0 Å². The molecule has 0 radical (unpaired) electrons. The van der Waals surface area contributed by atoms with E-state index < -0.39 is 41.0 Å². The Balaban J connectivity index is 1.11. The van der Waals surface area contributed by atoms with Crippen LogP contribution in [0.3, 0.4) is 0 Å².